The molecule has 2 aromatic rings. The quantitative estimate of drug-likeness (QED) is 0.632. The lowest BCUT2D eigenvalue weighted by Gasteiger charge is -2.17. The van der Waals surface area contributed by atoms with E-state index in [-0.39, 0.29) is 11.9 Å². The van der Waals surface area contributed by atoms with E-state index in [1.165, 1.54) is 12.1 Å². The fourth-order valence-electron chi connectivity index (χ4n) is 2.06. The van der Waals surface area contributed by atoms with Crippen LogP contribution in [0.15, 0.2) is 40.9 Å². The first-order valence-corrected chi connectivity index (χ1v) is 7.34. The summed E-state index contributed by atoms with van der Waals surface area (Å²) in [6.07, 6.45) is 0.576. The third kappa shape index (κ3) is 3.79. The molecule has 0 saturated heterocycles. The van der Waals surface area contributed by atoms with E-state index in [0.29, 0.717) is 15.9 Å². The van der Waals surface area contributed by atoms with Gasteiger partial charge in [0.25, 0.3) is 0 Å². The summed E-state index contributed by atoms with van der Waals surface area (Å²) in [5.41, 5.74) is 5.60. The molecule has 1 unspecified atom stereocenters. The number of aryl methyl sites for hydroxylation is 1. The zero-order chi connectivity index (χ0) is 14.7. The summed E-state index contributed by atoms with van der Waals surface area (Å²) >= 11 is 9.42. The molecule has 0 aliphatic carbocycles. The summed E-state index contributed by atoms with van der Waals surface area (Å²) in [6.45, 7) is 1.95. The second-order valence-corrected chi connectivity index (χ2v) is 6.03. The Morgan fingerprint density at radius 3 is 2.65 bits per heavy atom. The number of hydrogen-bond acceptors (Lipinski definition) is 2. The molecule has 0 fully saturated rings. The third-order valence-electron chi connectivity index (χ3n) is 3.16. The molecule has 0 heterocycles. The Morgan fingerprint density at radius 1 is 1.30 bits per heavy atom. The number of nitrogens with two attached hydrogens (primary N) is 1. The first-order chi connectivity index (χ1) is 9.49. The fraction of sp³-hybridized carbons (Fsp3) is 0.200. The standard InChI is InChI=1S/C15H15BrClFN2/c1-9-2-3-11(7-14(9)17)15(20-19)6-10-4-12(16)8-13(18)5-10/h2-5,7-8,15,20H,6,19H2,1H3. The zero-order valence-electron chi connectivity index (χ0n) is 11.0. The average Bonchev–Trinajstić information content (AvgIpc) is 2.38. The maximum atomic E-state index is 13.4. The molecular weight excluding hydrogens is 343 g/mol. The third-order valence-corrected chi connectivity index (χ3v) is 4.03. The fourth-order valence-corrected chi connectivity index (χ4v) is 2.77. The van der Waals surface area contributed by atoms with Crippen molar-refractivity contribution in [3.8, 4) is 0 Å². The van der Waals surface area contributed by atoms with E-state index < -0.39 is 0 Å². The van der Waals surface area contributed by atoms with Gasteiger partial charge in [-0.3, -0.25) is 11.3 Å². The second kappa shape index (κ2) is 6.68. The maximum Gasteiger partial charge on any atom is 0.124 e. The van der Waals surface area contributed by atoms with Gasteiger partial charge in [-0.15, -0.1) is 0 Å². The van der Waals surface area contributed by atoms with E-state index >= 15 is 0 Å². The van der Waals surface area contributed by atoms with Crippen molar-refractivity contribution in [1.82, 2.24) is 5.43 Å². The molecule has 20 heavy (non-hydrogen) atoms. The van der Waals surface area contributed by atoms with Gasteiger partial charge in [-0.1, -0.05) is 39.7 Å². The van der Waals surface area contributed by atoms with Crippen LogP contribution in [0, 0.1) is 12.7 Å². The van der Waals surface area contributed by atoms with Gasteiger partial charge in [-0.25, -0.2) is 4.39 Å². The molecule has 5 heteroatoms. The molecule has 0 aliphatic heterocycles. The Bertz CT molecular complexity index is 599. The van der Waals surface area contributed by atoms with E-state index in [4.69, 9.17) is 17.4 Å². The summed E-state index contributed by atoms with van der Waals surface area (Å²) in [7, 11) is 0. The number of rotatable bonds is 4. The Hall–Kier alpha value is -0.940. The molecule has 0 saturated carbocycles. The SMILES string of the molecule is Cc1ccc(C(Cc2cc(F)cc(Br)c2)NN)cc1Cl. The highest BCUT2D eigenvalue weighted by Crippen LogP contribution is 2.25. The number of halogens is 3. The Balaban J connectivity index is 2.26. The monoisotopic (exact) mass is 356 g/mol. The lowest BCUT2D eigenvalue weighted by molar-refractivity contribution is 0.548. The highest BCUT2D eigenvalue weighted by Gasteiger charge is 2.13. The first-order valence-electron chi connectivity index (χ1n) is 6.16. The lowest BCUT2D eigenvalue weighted by atomic mass is 9.98. The summed E-state index contributed by atoms with van der Waals surface area (Å²) in [5, 5.41) is 0.697. The summed E-state index contributed by atoms with van der Waals surface area (Å²) < 4.78 is 14.1. The smallest absolute Gasteiger partial charge is 0.124 e. The van der Waals surface area contributed by atoms with Gasteiger partial charge in [0.05, 0.1) is 6.04 Å². The van der Waals surface area contributed by atoms with Crippen molar-refractivity contribution in [3.05, 3.63) is 68.4 Å². The Morgan fingerprint density at radius 2 is 2.05 bits per heavy atom. The molecule has 1 atom stereocenters. The van der Waals surface area contributed by atoms with Crippen LogP contribution in [0.5, 0.6) is 0 Å². The van der Waals surface area contributed by atoms with Crippen molar-refractivity contribution < 1.29 is 4.39 Å². The van der Waals surface area contributed by atoms with Crippen LogP contribution >= 0.6 is 27.5 Å². The van der Waals surface area contributed by atoms with Gasteiger partial charge in [-0.05, 0) is 54.3 Å². The van der Waals surface area contributed by atoms with E-state index in [9.17, 15) is 4.39 Å². The van der Waals surface area contributed by atoms with Crippen LogP contribution in [0.4, 0.5) is 4.39 Å². The molecule has 0 bridgehead atoms. The Kier molecular flexibility index (Phi) is 5.16. The van der Waals surface area contributed by atoms with E-state index in [2.05, 4.69) is 21.4 Å². The number of hydrogen-bond donors (Lipinski definition) is 2. The van der Waals surface area contributed by atoms with E-state index in [0.717, 1.165) is 16.7 Å². The van der Waals surface area contributed by atoms with Crippen molar-refractivity contribution >= 4 is 27.5 Å². The van der Waals surface area contributed by atoms with Gasteiger partial charge in [0.2, 0.25) is 0 Å². The van der Waals surface area contributed by atoms with Gasteiger partial charge in [0.15, 0.2) is 0 Å². The average molecular weight is 358 g/mol. The van der Waals surface area contributed by atoms with E-state index in [1.807, 2.05) is 31.2 Å². The molecule has 0 spiro atoms. The predicted octanol–water partition coefficient (Wildman–Crippen LogP) is 4.30. The van der Waals surface area contributed by atoms with Crippen LogP contribution in [-0.4, -0.2) is 0 Å². The van der Waals surface area contributed by atoms with Gasteiger partial charge >= 0.3 is 0 Å². The van der Waals surface area contributed by atoms with Gasteiger partial charge < -0.3 is 0 Å². The van der Waals surface area contributed by atoms with Crippen LogP contribution < -0.4 is 11.3 Å². The first kappa shape index (κ1) is 15.4. The molecule has 0 aliphatic rings. The van der Waals surface area contributed by atoms with Crippen molar-refractivity contribution in [2.75, 3.05) is 0 Å². The van der Waals surface area contributed by atoms with Crippen molar-refractivity contribution in [1.29, 1.82) is 0 Å². The molecule has 2 rings (SSSR count). The Labute approximate surface area is 131 Å². The minimum absolute atomic E-state index is 0.123. The van der Waals surface area contributed by atoms with Gasteiger partial charge in [0.1, 0.15) is 5.82 Å². The molecule has 2 nitrogen and oxygen atoms in total. The van der Waals surface area contributed by atoms with Crippen LogP contribution in [0.3, 0.4) is 0 Å². The number of hydrazine groups is 1. The van der Waals surface area contributed by atoms with Crippen molar-refractivity contribution in [2.24, 2.45) is 5.84 Å². The predicted molar refractivity (Wildman–Crippen MR) is 84.1 cm³/mol. The summed E-state index contributed by atoms with van der Waals surface area (Å²) in [6, 6.07) is 10.5. The van der Waals surface area contributed by atoms with Crippen molar-refractivity contribution in [3.63, 3.8) is 0 Å². The van der Waals surface area contributed by atoms with Crippen LogP contribution in [-0.2, 0) is 6.42 Å². The minimum Gasteiger partial charge on any atom is -0.271 e. The normalized spacial score (nSPS) is 12.4. The lowest BCUT2D eigenvalue weighted by Crippen LogP contribution is -2.29. The molecule has 0 amide bonds. The molecule has 3 N–H and O–H groups in total. The molecular formula is C15H15BrClFN2. The van der Waals surface area contributed by atoms with Gasteiger partial charge in [-0.2, -0.15) is 0 Å². The molecule has 0 aromatic heterocycles. The number of nitrogens with one attached hydrogen (secondary N) is 1. The van der Waals surface area contributed by atoms with Crippen LogP contribution in [0.1, 0.15) is 22.7 Å². The van der Waals surface area contributed by atoms with Crippen LogP contribution in [0.2, 0.25) is 5.02 Å². The van der Waals surface area contributed by atoms with Crippen molar-refractivity contribution in [2.45, 2.75) is 19.4 Å². The summed E-state index contributed by atoms with van der Waals surface area (Å²) in [5.74, 6) is 5.35. The molecule has 106 valence electrons. The zero-order valence-corrected chi connectivity index (χ0v) is 13.3. The van der Waals surface area contributed by atoms with Gasteiger partial charge in [0, 0.05) is 9.50 Å². The highest BCUT2D eigenvalue weighted by molar-refractivity contribution is 9.10. The highest BCUT2D eigenvalue weighted by atomic mass is 79.9. The summed E-state index contributed by atoms with van der Waals surface area (Å²) in [4.78, 5) is 0. The molecule has 0 radical (unpaired) electrons. The topological polar surface area (TPSA) is 38.0 Å². The minimum atomic E-state index is -0.271. The number of benzene rings is 2. The van der Waals surface area contributed by atoms with Crippen LogP contribution in [0.25, 0.3) is 0 Å². The largest absolute Gasteiger partial charge is 0.271 e. The maximum absolute atomic E-state index is 13.4. The molecule has 2 aromatic carbocycles. The second-order valence-electron chi connectivity index (χ2n) is 4.71. The van der Waals surface area contributed by atoms with E-state index in [1.54, 1.807) is 0 Å².